The van der Waals surface area contributed by atoms with Gasteiger partial charge in [-0.1, -0.05) is 0 Å². The lowest BCUT2D eigenvalue weighted by Crippen LogP contribution is -2.24. The van der Waals surface area contributed by atoms with Crippen molar-refractivity contribution in [2.75, 3.05) is 7.11 Å². The number of fused-ring (bicyclic) bond motifs is 1. The van der Waals surface area contributed by atoms with Gasteiger partial charge in [-0.05, 0) is 31.2 Å². The number of carbonyl (C=O) groups excluding carboxylic acids is 1. The number of carboxylic acids is 1. The number of benzene rings is 1. The first kappa shape index (κ1) is 16.5. The van der Waals surface area contributed by atoms with Gasteiger partial charge in [0.05, 0.1) is 36.7 Å². The Hall–Kier alpha value is -3.35. The summed E-state index contributed by atoms with van der Waals surface area (Å²) in [7, 11) is 1.58. The number of hydrogen-bond donors (Lipinski definition) is 2. The first-order valence-corrected chi connectivity index (χ1v) is 7.53. The molecular weight excluding hydrogens is 324 g/mol. The Morgan fingerprint density at radius 1 is 1.24 bits per heavy atom. The second-order valence-corrected chi connectivity index (χ2v) is 5.43. The minimum absolute atomic E-state index is 0.0203. The molecule has 0 radical (unpaired) electrons. The van der Waals surface area contributed by atoms with Gasteiger partial charge in [0, 0.05) is 11.5 Å². The summed E-state index contributed by atoms with van der Waals surface area (Å²) in [5.74, 6) is -0.571. The van der Waals surface area contributed by atoms with Crippen LogP contribution >= 0.6 is 0 Å². The number of nitrogens with one attached hydrogen (secondary N) is 1. The summed E-state index contributed by atoms with van der Waals surface area (Å²) in [5.41, 5.74) is 1.74. The summed E-state index contributed by atoms with van der Waals surface area (Å²) in [5, 5.41) is 12.5. The van der Waals surface area contributed by atoms with Gasteiger partial charge in [-0.25, -0.2) is 4.79 Å². The minimum Gasteiger partial charge on any atom is -0.497 e. The molecule has 0 spiro atoms. The zero-order chi connectivity index (χ0) is 18.0. The molecule has 0 aliphatic heterocycles. The molecule has 2 N–H and O–H groups in total. The predicted molar refractivity (Wildman–Crippen MR) is 89.9 cm³/mol. The highest BCUT2D eigenvalue weighted by atomic mass is 16.5. The Kier molecular flexibility index (Phi) is 4.38. The Balaban J connectivity index is 1.83. The van der Waals surface area contributed by atoms with Crippen LogP contribution in [0, 0.1) is 6.92 Å². The number of nitrogens with zero attached hydrogens (tertiary/aromatic N) is 1. The van der Waals surface area contributed by atoms with E-state index in [1.165, 1.54) is 12.3 Å². The van der Waals surface area contributed by atoms with Crippen molar-refractivity contribution < 1.29 is 23.8 Å². The van der Waals surface area contributed by atoms with Crippen LogP contribution in [0.2, 0.25) is 0 Å². The fourth-order valence-corrected chi connectivity index (χ4v) is 2.52. The summed E-state index contributed by atoms with van der Waals surface area (Å²) < 4.78 is 10.3. The molecule has 1 amide bonds. The zero-order valence-electron chi connectivity index (χ0n) is 13.7. The monoisotopic (exact) mass is 340 g/mol. The van der Waals surface area contributed by atoms with Crippen LogP contribution in [0.4, 0.5) is 0 Å². The van der Waals surface area contributed by atoms with Crippen molar-refractivity contribution in [3.63, 3.8) is 0 Å². The van der Waals surface area contributed by atoms with Crippen LogP contribution in [0.1, 0.15) is 32.2 Å². The first-order chi connectivity index (χ1) is 12.0. The van der Waals surface area contributed by atoms with E-state index in [-0.39, 0.29) is 23.8 Å². The van der Waals surface area contributed by atoms with E-state index >= 15 is 0 Å². The van der Waals surface area contributed by atoms with E-state index in [0.717, 1.165) is 10.9 Å². The molecule has 3 rings (SSSR count). The van der Waals surface area contributed by atoms with Crippen LogP contribution in [-0.2, 0) is 6.54 Å². The van der Waals surface area contributed by atoms with E-state index in [1.54, 1.807) is 32.2 Å². The molecule has 0 aliphatic rings. The number of carboxylic acid groups (broad SMARTS) is 1. The maximum Gasteiger partial charge on any atom is 0.339 e. The highest BCUT2D eigenvalue weighted by Crippen LogP contribution is 2.22. The highest BCUT2D eigenvalue weighted by Gasteiger charge is 2.16. The molecule has 0 atom stereocenters. The van der Waals surface area contributed by atoms with Gasteiger partial charge >= 0.3 is 5.97 Å². The molecule has 7 heteroatoms. The lowest BCUT2D eigenvalue weighted by Gasteiger charge is -2.09. The number of aromatic nitrogens is 1. The molecule has 2 aromatic heterocycles. The van der Waals surface area contributed by atoms with Crippen LogP contribution in [0.3, 0.4) is 0 Å². The summed E-state index contributed by atoms with van der Waals surface area (Å²) in [6.07, 6.45) is 1.28. The summed E-state index contributed by atoms with van der Waals surface area (Å²) in [6.45, 7) is 1.72. The maximum absolute atomic E-state index is 12.4. The number of amides is 1. The van der Waals surface area contributed by atoms with Crippen molar-refractivity contribution in [1.29, 1.82) is 0 Å². The summed E-state index contributed by atoms with van der Waals surface area (Å²) in [4.78, 5) is 27.9. The van der Waals surface area contributed by atoms with Crippen molar-refractivity contribution in [2.45, 2.75) is 13.5 Å². The molecule has 128 valence electrons. The lowest BCUT2D eigenvalue weighted by atomic mass is 10.1. The van der Waals surface area contributed by atoms with E-state index < -0.39 is 5.97 Å². The van der Waals surface area contributed by atoms with E-state index in [1.807, 2.05) is 6.07 Å². The van der Waals surface area contributed by atoms with Gasteiger partial charge in [0.2, 0.25) is 0 Å². The van der Waals surface area contributed by atoms with E-state index in [0.29, 0.717) is 17.0 Å². The van der Waals surface area contributed by atoms with Crippen LogP contribution in [0.25, 0.3) is 10.9 Å². The van der Waals surface area contributed by atoms with Crippen LogP contribution in [0.15, 0.2) is 41.0 Å². The molecule has 0 unspecified atom stereocenters. The fourth-order valence-electron chi connectivity index (χ4n) is 2.52. The Bertz CT molecular complexity index is 961. The molecule has 0 bridgehead atoms. The topological polar surface area (TPSA) is 102 Å². The highest BCUT2D eigenvalue weighted by molar-refractivity contribution is 5.99. The van der Waals surface area contributed by atoms with Crippen molar-refractivity contribution in [3.05, 3.63) is 59.2 Å². The van der Waals surface area contributed by atoms with Gasteiger partial charge in [-0.2, -0.15) is 0 Å². The summed E-state index contributed by atoms with van der Waals surface area (Å²) >= 11 is 0. The quantitative estimate of drug-likeness (QED) is 0.740. The van der Waals surface area contributed by atoms with Crippen molar-refractivity contribution in [2.24, 2.45) is 0 Å². The number of methoxy groups -OCH3 is 1. The second-order valence-electron chi connectivity index (χ2n) is 5.43. The number of carbonyl (C=O) groups is 2. The molecule has 2 heterocycles. The number of ether oxygens (including phenoxy) is 1. The maximum atomic E-state index is 12.4. The van der Waals surface area contributed by atoms with E-state index in [4.69, 9.17) is 14.3 Å². The molecule has 0 saturated carbocycles. The van der Waals surface area contributed by atoms with Gasteiger partial charge in [0.25, 0.3) is 5.91 Å². The molecule has 0 aliphatic carbocycles. The summed E-state index contributed by atoms with van der Waals surface area (Å²) in [6, 6.07) is 8.51. The molecule has 0 saturated heterocycles. The number of pyridine rings is 1. The van der Waals surface area contributed by atoms with Gasteiger partial charge in [0.15, 0.2) is 0 Å². The molecular formula is C18H16N2O5. The SMILES string of the molecule is COc1ccc2cc(C(=O)NCc3occc3C(=O)O)c(C)nc2c1. The van der Waals surface area contributed by atoms with Crippen LogP contribution in [-0.4, -0.2) is 29.1 Å². The Morgan fingerprint density at radius 3 is 2.76 bits per heavy atom. The third-order valence-corrected chi connectivity index (χ3v) is 3.85. The van der Waals surface area contributed by atoms with Crippen LogP contribution in [0.5, 0.6) is 5.75 Å². The van der Waals surface area contributed by atoms with Crippen molar-refractivity contribution in [3.8, 4) is 5.75 Å². The lowest BCUT2D eigenvalue weighted by molar-refractivity contribution is 0.0692. The van der Waals surface area contributed by atoms with Crippen molar-refractivity contribution >= 4 is 22.8 Å². The molecule has 7 nitrogen and oxygen atoms in total. The average molecular weight is 340 g/mol. The largest absolute Gasteiger partial charge is 0.497 e. The Labute approximate surface area is 143 Å². The number of aryl methyl sites for hydroxylation is 1. The fraction of sp³-hybridized carbons (Fsp3) is 0.167. The van der Waals surface area contributed by atoms with E-state index in [2.05, 4.69) is 10.3 Å². The zero-order valence-corrected chi connectivity index (χ0v) is 13.7. The molecule has 25 heavy (non-hydrogen) atoms. The minimum atomic E-state index is -1.10. The predicted octanol–water partition coefficient (Wildman–Crippen LogP) is 2.77. The van der Waals surface area contributed by atoms with Gasteiger partial charge < -0.3 is 19.6 Å². The second kappa shape index (κ2) is 6.64. The normalized spacial score (nSPS) is 10.6. The smallest absolute Gasteiger partial charge is 0.339 e. The molecule has 0 fully saturated rings. The molecule has 3 aromatic rings. The van der Waals surface area contributed by atoms with E-state index in [9.17, 15) is 9.59 Å². The standard InChI is InChI=1S/C18H16N2O5/c1-10-14(7-11-3-4-12(24-2)8-15(11)20-10)17(21)19-9-16-13(18(22)23)5-6-25-16/h3-8H,9H2,1-2H3,(H,19,21)(H,22,23). The van der Waals surface area contributed by atoms with Gasteiger partial charge in [0.1, 0.15) is 17.1 Å². The van der Waals surface area contributed by atoms with Crippen molar-refractivity contribution in [1.82, 2.24) is 10.3 Å². The molecule has 1 aromatic carbocycles. The Morgan fingerprint density at radius 2 is 2.04 bits per heavy atom. The number of hydrogen-bond acceptors (Lipinski definition) is 5. The van der Waals surface area contributed by atoms with Gasteiger partial charge in [-0.15, -0.1) is 0 Å². The first-order valence-electron chi connectivity index (χ1n) is 7.53. The number of rotatable bonds is 5. The average Bonchev–Trinajstić information content (AvgIpc) is 3.07. The third kappa shape index (κ3) is 3.30. The number of furan rings is 1. The van der Waals surface area contributed by atoms with Gasteiger partial charge in [-0.3, -0.25) is 9.78 Å². The van der Waals surface area contributed by atoms with Crippen LogP contribution < -0.4 is 10.1 Å². The third-order valence-electron chi connectivity index (χ3n) is 3.85. The number of aromatic carboxylic acids is 1.